The summed E-state index contributed by atoms with van der Waals surface area (Å²) in [6.07, 6.45) is 3.16. The van der Waals surface area contributed by atoms with Gasteiger partial charge in [0.15, 0.2) is 0 Å². The third-order valence-electron chi connectivity index (χ3n) is 0.744. The van der Waals surface area contributed by atoms with Gasteiger partial charge in [0, 0.05) is 0 Å². The van der Waals surface area contributed by atoms with Crippen molar-refractivity contribution in [3.63, 3.8) is 0 Å². The fourth-order valence-electron chi connectivity index (χ4n) is 0.328. The minimum atomic E-state index is 0.567. The average molecular weight is 182 g/mol. The van der Waals surface area contributed by atoms with Crippen molar-refractivity contribution in [3.05, 3.63) is 0 Å². The van der Waals surface area contributed by atoms with E-state index >= 15 is 0 Å². The van der Waals surface area contributed by atoms with Gasteiger partial charge in [0.05, 0.1) is 0 Å². The van der Waals surface area contributed by atoms with E-state index in [-0.39, 0.29) is 0 Å². The molecular weight excluding hydrogens is 172 g/mol. The standard InChI is InChI=1S/C5H10O.Mo/c1-2-3-4-5-6;/h6H,2-4H2,1H3;. The summed E-state index contributed by atoms with van der Waals surface area (Å²) < 4.78 is 0.567. The molecule has 0 aromatic carbocycles. The van der Waals surface area contributed by atoms with Gasteiger partial charge in [-0.05, 0) is 0 Å². The van der Waals surface area contributed by atoms with Gasteiger partial charge >= 0.3 is 54.7 Å². The van der Waals surface area contributed by atoms with Gasteiger partial charge in [0.2, 0.25) is 0 Å². The Morgan fingerprint density at radius 1 is 1.71 bits per heavy atom. The molecule has 2 heteroatoms. The van der Waals surface area contributed by atoms with Crippen LogP contribution in [-0.4, -0.2) is 9.19 Å². The molecule has 0 unspecified atom stereocenters. The minimum absolute atomic E-state index is 0.567. The maximum atomic E-state index is 8.60. The second-order valence-electron chi connectivity index (χ2n) is 1.50. The van der Waals surface area contributed by atoms with Crippen molar-refractivity contribution in [1.29, 1.82) is 0 Å². The number of unbranched alkanes of at least 4 members (excludes halogenated alkanes) is 1. The fourth-order valence-corrected chi connectivity index (χ4v) is 0.683. The quantitative estimate of drug-likeness (QED) is 0.650. The fraction of sp³-hybridized carbons (Fsp3) is 0.800. The van der Waals surface area contributed by atoms with E-state index in [0.717, 1.165) is 12.8 Å². The average Bonchev–Trinajstić information content (AvgIpc) is 1.61. The molecule has 0 saturated carbocycles. The Morgan fingerprint density at radius 3 is 2.43 bits per heavy atom. The summed E-state index contributed by atoms with van der Waals surface area (Å²) in [7, 11) is 0. The van der Waals surface area contributed by atoms with Crippen LogP contribution in [-0.2, 0) is 19.4 Å². The van der Waals surface area contributed by atoms with Gasteiger partial charge in [-0.25, -0.2) is 0 Å². The molecule has 0 spiro atoms. The Kier molecular flexibility index (Phi) is 5.02. The van der Waals surface area contributed by atoms with Crippen molar-refractivity contribution in [3.8, 4) is 0 Å². The topological polar surface area (TPSA) is 20.2 Å². The number of rotatable bonds is 3. The molecule has 42 valence electrons. The molecule has 0 fully saturated rings. The van der Waals surface area contributed by atoms with Gasteiger partial charge in [-0.15, -0.1) is 0 Å². The summed E-state index contributed by atoms with van der Waals surface area (Å²) in [6.45, 7) is 2.12. The van der Waals surface area contributed by atoms with Gasteiger partial charge in [-0.3, -0.25) is 0 Å². The normalized spacial score (nSPS) is 8.86. The Balaban J connectivity index is 2.82. The van der Waals surface area contributed by atoms with E-state index in [2.05, 4.69) is 6.92 Å². The van der Waals surface area contributed by atoms with Crippen molar-refractivity contribution < 1.29 is 24.5 Å². The van der Waals surface area contributed by atoms with Crippen LogP contribution in [0.15, 0.2) is 0 Å². The van der Waals surface area contributed by atoms with Gasteiger partial charge < -0.3 is 0 Å². The summed E-state index contributed by atoms with van der Waals surface area (Å²) in [4.78, 5) is 0. The van der Waals surface area contributed by atoms with Gasteiger partial charge in [0.25, 0.3) is 0 Å². The SMILES string of the molecule is CCCC[C](O)=[Mo]. The Bertz CT molecular complexity index is 61.1. The molecule has 0 radical (unpaired) electrons. The first-order valence-corrected chi connectivity index (χ1v) is 3.49. The van der Waals surface area contributed by atoms with Crippen molar-refractivity contribution in [2.75, 3.05) is 0 Å². The van der Waals surface area contributed by atoms with E-state index in [1.54, 1.807) is 19.4 Å². The van der Waals surface area contributed by atoms with Crippen LogP contribution >= 0.6 is 0 Å². The summed E-state index contributed by atoms with van der Waals surface area (Å²) in [5, 5.41) is 8.60. The molecule has 0 amide bonds. The van der Waals surface area contributed by atoms with Crippen LogP contribution in [0.5, 0.6) is 0 Å². The van der Waals surface area contributed by atoms with Crippen molar-refractivity contribution in [1.82, 2.24) is 0 Å². The summed E-state index contributed by atoms with van der Waals surface area (Å²) >= 11 is 1.68. The van der Waals surface area contributed by atoms with Crippen LogP contribution in [0.4, 0.5) is 0 Å². The van der Waals surface area contributed by atoms with Gasteiger partial charge in [-0.2, -0.15) is 0 Å². The summed E-state index contributed by atoms with van der Waals surface area (Å²) in [6, 6.07) is 0. The molecule has 0 aromatic heterocycles. The second-order valence-corrected chi connectivity index (χ2v) is 2.66. The second kappa shape index (κ2) is 4.67. The van der Waals surface area contributed by atoms with Crippen LogP contribution in [0.3, 0.4) is 0 Å². The third-order valence-corrected chi connectivity index (χ3v) is 1.25. The number of hydrogen-bond acceptors (Lipinski definition) is 1. The summed E-state index contributed by atoms with van der Waals surface area (Å²) in [5.74, 6) is 0. The van der Waals surface area contributed by atoms with E-state index < -0.39 is 0 Å². The van der Waals surface area contributed by atoms with Crippen LogP contribution in [0, 0.1) is 0 Å². The van der Waals surface area contributed by atoms with Crippen molar-refractivity contribution >= 4 is 4.08 Å². The Labute approximate surface area is 55.1 Å². The van der Waals surface area contributed by atoms with Crippen molar-refractivity contribution in [2.45, 2.75) is 26.2 Å². The molecule has 0 aliphatic heterocycles. The third kappa shape index (κ3) is 6.52. The molecule has 1 nitrogen and oxygen atoms in total. The molecular formula is C5H10MoO. The maximum absolute atomic E-state index is 8.60. The van der Waals surface area contributed by atoms with E-state index in [4.69, 9.17) is 5.11 Å². The predicted molar refractivity (Wildman–Crippen MR) is 26.5 cm³/mol. The number of hydrogen-bond donors (Lipinski definition) is 1. The van der Waals surface area contributed by atoms with Crippen LogP contribution in [0.2, 0.25) is 0 Å². The molecule has 0 heterocycles. The number of aliphatic hydroxyl groups is 1. The van der Waals surface area contributed by atoms with Gasteiger partial charge in [0.1, 0.15) is 0 Å². The van der Waals surface area contributed by atoms with E-state index in [0.29, 0.717) is 4.08 Å². The van der Waals surface area contributed by atoms with E-state index in [9.17, 15) is 0 Å². The monoisotopic (exact) mass is 184 g/mol. The molecule has 0 rings (SSSR count). The molecule has 7 heavy (non-hydrogen) atoms. The van der Waals surface area contributed by atoms with Gasteiger partial charge in [-0.1, -0.05) is 0 Å². The zero-order valence-corrected chi connectivity index (χ0v) is 6.48. The first-order chi connectivity index (χ1) is 3.27. The molecule has 1 N–H and O–H groups in total. The molecule has 0 aliphatic rings. The molecule has 0 saturated heterocycles. The number of aliphatic hydroxyl groups excluding tert-OH is 1. The predicted octanol–water partition coefficient (Wildman–Crippen LogP) is 1.23. The molecule has 0 aliphatic carbocycles. The van der Waals surface area contributed by atoms with Crippen LogP contribution in [0.1, 0.15) is 26.2 Å². The zero-order valence-electron chi connectivity index (χ0n) is 4.48. The zero-order chi connectivity index (χ0) is 5.70. The molecule has 0 bridgehead atoms. The Morgan fingerprint density at radius 2 is 2.29 bits per heavy atom. The summed E-state index contributed by atoms with van der Waals surface area (Å²) in [5.41, 5.74) is 0. The molecule has 0 aromatic rings. The first kappa shape index (κ1) is 7.52. The van der Waals surface area contributed by atoms with E-state index in [1.807, 2.05) is 0 Å². The van der Waals surface area contributed by atoms with Crippen LogP contribution < -0.4 is 0 Å². The molecule has 0 atom stereocenters. The Hall–Kier alpha value is 0.518. The van der Waals surface area contributed by atoms with Crippen LogP contribution in [0.25, 0.3) is 0 Å². The first-order valence-electron chi connectivity index (χ1n) is 2.49. The van der Waals surface area contributed by atoms with E-state index in [1.165, 1.54) is 6.42 Å². The van der Waals surface area contributed by atoms with Crippen molar-refractivity contribution in [2.24, 2.45) is 0 Å².